The Morgan fingerprint density at radius 1 is 0.861 bits per heavy atom. The van der Waals surface area contributed by atoms with Gasteiger partial charge in [0.15, 0.2) is 0 Å². The number of pyridine rings is 1. The summed E-state index contributed by atoms with van der Waals surface area (Å²) in [7, 11) is -7.92. The van der Waals surface area contributed by atoms with E-state index in [4.69, 9.17) is 4.42 Å². The molecule has 2 heterocycles. The second kappa shape index (κ2) is 10.4. The summed E-state index contributed by atoms with van der Waals surface area (Å²) in [6, 6.07) is 23.0. The fourth-order valence-electron chi connectivity index (χ4n) is 3.87. The second-order valence-electron chi connectivity index (χ2n) is 8.31. The molecule has 0 bridgehead atoms. The number of nitrogens with zero attached hydrogens (tertiary/aromatic N) is 2. The highest BCUT2D eigenvalue weighted by molar-refractivity contribution is 7.89. The molecule has 4 rings (SSSR count). The third kappa shape index (κ3) is 5.26. The molecule has 0 radical (unpaired) electrons. The molecular formula is C26H27N3O5S2. The second-order valence-corrected chi connectivity index (χ2v) is 11.9. The van der Waals surface area contributed by atoms with E-state index in [1.807, 2.05) is 30.3 Å². The van der Waals surface area contributed by atoms with E-state index < -0.39 is 25.6 Å². The Hall–Kier alpha value is -3.31. The van der Waals surface area contributed by atoms with E-state index >= 15 is 0 Å². The molecule has 4 aromatic rings. The highest BCUT2D eigenvalue weighted by Gasteiger charge is 2.38. The third-order valence-corrected chi connectivity index (χ3v) is 9.36. The van der Waals surface area contributed by atoms with Gasteiger partial charge in [-0.2, -0.15) is 9.03 Å². The smallest absolute Gasteiger partial charge is 0.243 e. The van der Waals surface area contributed by atoms with Crippen molar-refractivity contribution >= 4 is 20.0 Å². The largest absolute Gasteiger partial charge is 0.467 e. The summed E-state index contributed by atoms with van der Waals surface area (Å²) >= 11 is 0. The van der Waals surface area contributed by atoms with E-state index in [9.17, 15) is 16.8 Å². The van der Waals surface area contributed by atoms with Crippen LogP contribution in [0.2, 0.25) is 0 Å². The summed E-state index contributed by atoms with van der Waals surface area (Å²) in [5.74, 6) is 0.364. The molecule has 0 aliphatic heterocycles. The molecule has 0 aliphatic carbocycles. The molecule has 0 amide bonds. The minimum atomic E-state index is -4.09. The topological polar surface area (TPSA) is 110 Å². The fraction of sp³-hybridized carbons (Fsp3) is 0.192. The van der Waals surface area contributed by atoms with Gasteiger partial charge in [-0.1, -0.05) is 43.3 Å². The fourth-order valence-corrected chi connectivity index (χ4v) is 6.66. The van der Waals surface area contributed by atoms with Crippen LogP contribution in [-0.4, -0.2) is 32.7 Å². The molecule has 0 fully saturated rings. The van der Waals surface area contributed by atoms with Gasteiger partial charge < -0.3 is 4.42 Å². The zero-order chi connectivity index (χ0) is 25.8. The van der Waals surface area contributed by atoms with Crippen molar-refractivity contribution < 1.29 is 21.3 Å². The number of furan rings is 1. The summed E-state index contributed by atoms with van der Waals surface area (Å²) in [6.45, 7) is 3.90. The van der Waals surface area contributed by atoms with Gasteiger partial charge in [0.1, 0.15) is 11.3 Å². The molecule has 188 valence electrons. The first-order valence-corrected chi connectivity index (χ1v) is 14.2. The van der Waals surface area contributed by atoms with Gasteiger partial charge in [-0.15, -0.1) is 0 Å². The van der Waals surface area contributed by atoms with Gasteiger partial charge in [0, 0.05) is 19.3 Å². The van der Waals surface area contributed by atoms with E-state index in [-0.39, 0.29) is 22.9 Å². The van der Waals surface area contributed by atoms with Gasteiger partial charge in [-0.3, -0.25) is 4.98 Å². The van der Waals surface area contributed by atoms with Crippen LogP contribution in [0.1, 0.15) is 30.9 Å². The van der Waals surface area contributed by atoms with Gasteiger partial charge in [0.2, 0.25) is 20.0 Å². The van der Waals surface area contributed by atoms with Crippen molar-refractivity contribution in [3.63, 3.8) is 0 Å². The Labute approximate surface area is 211 Å². The maximum atomic E-state index is 13.4. The van der Waals surface area contributed by atoms with E-state index in [1.165, 1.54) is 34.8 Å². The summed E-state index contributed by atoms with van der Waals surface area (Å²) in [5.41, 5.74) is 0.0172. The highest BCUT2D eigenvalue weighted by Crippen LogP contribution is 2.30. The molecule has 8 nitrogen and oxygen atoms in total. The molecular weight excluding hydrogens is 498 g/mol. The van der Waals surface area contributed by atoms with E-state index in [1.54, 1.807) is 50.4 Å². The van der Waals surface area contributed by atoms with Gasteiger partial charge in [0.25, 0.3) is 0 Å². The summed E-state index contributed by atoms with van der Waals surface area (Å²) in [5, 5.41) is 0. The number of aromatic nitrogens is 1. The Kier molecular flexibility index (Phi) is 7.41. The lowest BCUT2D eigenvalue weighted by Crippen LogP contribution is -2.44. The van der Waals surface area contributed by atoms with Crippen LogP contribution in [0.25, 0.3) is 0 Å². The van der Waals surface area contributed by atoms with Crippen LogP contribution >= 0.6 is 0 Å². The molecule has 36 heavy (non-hydrogen) atoms. The first kappa shape index (κ1) is 25.8. The SMILES string of the molecule is CCN(Cc1ccccc1)S(=O)(=O)c1ccc(S(=O)(=O)NC(C)(c2ccccn2)c2ccco2)cc1. The van der Waals surface area contributed by atoms with Crippen molar-refractivity contribution in [1.29, 1.82) is 0 Å². The molecule has 0 spiro atoms. The van der Waals surface area contributed by atoms with Crippen LogP contribution in [-0.2, 0) is 32.1 Å². The molecule has 0 saturated carbocycles. The van der Waals surface area contributed by atoms with Gasteiger partial charge in [-0.05, 0) is 61.0 Å². The average molecular weight is 526 g/mol. The van der Waals surface area contributed by atoms with Crippen molar-refractivity contribution in [1.82, 2.24) is 14.0 Å². The summed E-state index contributed by atoms with van der Waals surface area (Å²) < 4.78 is 62.8. The first-order chi connectivity index (χ1) is 17.2. The average Bonchev–Trinajstić information content (AvgIpc) is 3.44. The Balaban J connectivity index is 1.62. The standard InChI is InChI=1S/C26H27N3O5S2/c1-3-29(20-21-10-5-4-6-11-21)36(32,33)23-16-14-22(15-17-23)35(30,31)28-26(2,25-13-9-19-34-25)24-12-7-8-18-27-24/h4-19,28H,3,20H2,1-2H3. The van der Waals surface area contributed by atoms with Gasteiger partial charge in [-0.25, -0.2) is 16.8 Å². The first-order valence-electron chi connectivity index (χ1n) is 11.3. The Morgan fingerprint density at radius 3 is 2.11 bits per heavy atom. The van der Waals surface area contributed by atoms with E-state index in [0.29, 0.717) is 11.5 Å². The van der Waals surface area contributed by atoms with E-state index in [2.05, 4.69) is 9.71 Å². The van der Waals surface area contributed by atoms with Crippen LogP contribution in [0.3, 0.4) is 0 Å². The summed E-state index contributed by atoms with van der Waals surface area (Å²) in [6.07, 6.45) is 3.03. The predicted octanol–water partition coefficient (Wildman–Crippen LogP) is 4.13. The Morgan fingerprint density at radius 2 is 1.53 bits per heavy atom. The van der Waals surface area contributed by atoms with Crippen molar-refractivity contribution in [2.24, 2.45) is 0 Å². The zero-order valence-electron chi connectivity index (χ0n) is 19.9. The number of sulfonamides is 2. The maximum absolute atomic E-state index is 13.4. The maximum Gasteiger partial charge on any atom is 0.243 e. The molecule has 0 saturated heterocycles. The lowest BCUT2D eigenvalue weighted by atomic mass is 9.95. The third-order valence-electron chi connectivity index (χ3n) is 5.86. The lowest BCUT2D eigenvalue weighted by molar-refractivity contribution is 0.380. The normalized spacial score (nSPS) is 14.0. The van der Waals surface area contributed by atoms with E-state index in [0.717, 1.165) is 5.56 Å². The molecule has 10 heteroatoms. The van der Waals surface area contributed by atoms with Crippen LogP contribution in [0.4, 0.5) is 0 Å². The molecule has 2 aromatic heterocycles. The van der Waals surface area contributed by atoms with Crippen LogP contribution in [0, 0.1) is 0 Å². The van der Waals surface area contributed by atoms with Crippen LogP contribution in [0.5, 0.6) is 0 Å². The molecule has 1 atom stereocenters. The minimum absolute atomic E-state index is 0.0118. The molecule has 1 N–H and O–H groups in total. The molecule has 0 aliphatic rings. The van der Waals surface area contributed by atoms with Crippen LogP contribution < -0.4 is 4.72 Å². The zero-order valence-corrected chi connectivity index (χ0v) is 21.5. The van der Waals surface area contributed by atoms with Crippen molar-refractivity contribution in [3.05, 3.63) is 114 Å². The van der Waals surface area contributed by atoms with Crippen molar-refractivity contribution in [2.45, 2.75) is 35.7 Å². The van der Waals surface area contributed by atoms with Crippen molar-refractivity contribution in [3.8, 4) is 0 Å². The highest BCUT2D eigenvalue weighted by atomic mass is 32.2. The number of hydrogen-bond acceptors (Lipinski definition) is 6. The monoisotopic (exact) mass is 525 g/mol. The Bertz CT molecular complexity index is 1490. The van der Waals surface area contributed by atoms with Gasteiger partial charge >= 0.3 is 0 Å². The number of rotatable bonds is 10. The predicted molar refractivity (Wildman–Crippen MR) is 136 cm³/mol. The number of hydrogen-bond donors (Lipinski definition) is 1. The van der Waals surface area contributed by atoms with Crippen LogP contribution in [0.15, 0.2) is 112 Å². The minimum Gasteiger partial charge on any atom is -0.467 e. The van der Waals surface area contributed by atoms with Crippen molar-refractivity contribution in [2.75, 3.05) is 6.54 Å². The van der Waals surface area contributed by atoms with Gasteiger partial charge in [0.05, 0.1) is 21.7 Å². The summed E-state index contributed by atoms with van der Waals surface area (Å²) in [4.78, 5) is 4.25. The lowest BCUT2D eigenvalue weighted by Gasteiger charge is -2.28. The molecule has 2 aromatic carbocycles. The number of nitrogens with one attached hydrogen (secondary N) is 1. The number of benzene rings is 2. The molecule has 1 unspecified atom stereocenters. The quantitative estimate of drug-likeness (QED) is 0.333.